The highest BCUT2D eigenvalue weighted by atomic mass is 16.2. The maximum Gasteiger partial charge on any atom is 0.274 e. The first-order chi connectivity index (χ1) is 8.78. The fourth-order valence-corrected chi connectivity index (χ4v) is 3.10. The van der Waals surface area contributed by atoms with Gasteiger partial charge in [-0.3, -0.25) is 9.78 Å². The second kappa shape index (κ2) is 4.53. The number of carbonyl (C=O) groups is 1. The molecule has 2 aliphatic rings. The summed E-state index contributed by atoms with van der Waals surface area (Å²) in [6.07, 6.45) is 6.81. The van der Waals surface area contributed by atoms with Gasteiger partial charge in [0.1, 0.15) is 5.69 Å². The van der Waals surface area contributed by atoms with Crippen molar-refractivity contribution in [1.82, 2.24) is 14.9 Å². The average molecular weight is 247 g/mol. The maximum atomic E-state index is 12.3. The van der Waals surface area contributed by atoms with Crippen LogP contribution in [0.1, 0.15) is 29.8 Å². The number of nitrogens with one attached hydrogen (secondary N) is 1. The van der Waals surface area contributed by atoms with Gasteiger partial charge in [0.2, 0.25) is 0 Å². The van der Waals surface area contributed by atoms with Crippen molar-refractivity contribution in [2.24, 2.45) is 17.7 Å². The summed E-state index contributed by atoms with van der Waals surface area (Å²) >= 11 is 0. The number of nitrogens with zero attached hydrogens (tertiary/aromatic N) is 3. The van der Waals surface area contributed by atoms with E-state index in [4.69, 9.17) is 5.84 Å². The first kappa shape index (κ1) is 11.4. The zero-order valence-corrected chi connectivity index (χ0v) is 10.2. The van der Waals surface area contributed by atoms with E-state index >= 15 is 0 Å². The molecule has 6 heteroatoms. The van der Waals surface area contributed by atoms with Crippen molar-refractivity contribution in [3.63, 3.8) is 0 Å². The number of rotatable bonds is 2. The first-order valence-corrected chi connectivity index (χ1v) is 6.36. The monoisotopic (exact) mass is 247 g/mol. The zero-order chi connectivity index (χ0) is 12.5. The number of nitrogens with two attached hydrogens (primary N) is 1. The van der Waals surface area contributed by atoms with Crippen LogP contribution in [0.4, 0.5) is 5.82 Å². The van der Waals surface area contributed by atoms with Gasteiger partial charge in [-0.1, -0.05) is 6.42 Å². The summed E-state index contributed by atoms with van der Waals surface area (Å²) < 4.78 is 0. The molecule has 2 unspecified atom stereocenters. The lowest BCUT2D eigenvalue weighted by molar-refractivity contribution is 0.0774. The number of carbonyl (C=O) groups excluding carboxylic acids is 1. The summed E-state index contributed by atoms with van der Waals surface area (Å²) in [5, 5.41) is 0. The average Bonchev–Trinajstić information content (AvgIpc) is 2.98. The Hall–Kier alpha value is -1.69. The molecule has 3 N–H and O–H groups in total. The molecule has 6 nitrogen and oxygen atoms in total. The van der Waals surface area contributed by atoms with Crippen molar-refractivity contribution >= 4 is 11.7 Å². The van der Waals surface area contributed by atoms with Gasteiger partial charge in [0.15, 0.2) is 5.82 Å². The lowest BCUT2D eigenvalue weighted by Crippen LogP contribution is -2.30. The van der Waals surface area contributed by atoms with Crippen LogP contribution in [0.3, 0.4) is 0 Å². The number of fused-ring (bicyclic) bond motifs is 1. The molecule has 2 fully saturated rings. The van der Waals surface area contributed by atoms with E-state index in [1.165, 1.54) is 31.7 Å². The van der Waals surface area contributed by atoms with Crippen LogP contribution < -0.4 is 11.3 Å². The van der Waals surface area contributed by atoms with Crippen molar-refractivity contribution in [2.45, 2.75) is 19.3 Å². The number of hydrogen-bond donors (Lipinski definition) is 2. The predicted octanol–water partition coefficient (Wildman–Crippen LogP) is 0.634. The molecule has 1 aromatic heterocycles. The summed E-state index contributed by atoms with van der Waals surface area (Å²) in [6.45, 7) is 1.73. The van der Waals surface area contributed by atoms with Crippen LogP contribution in [0.5, 0.6) is 0 Å². The topological polar surface area (TPSA) is 84.1 Å². The van der Waals surface area contributed by atoms with Crippen LogP contribution in [0, 0.1) is 11.8 Å². The Morgan fingerprint density at radius 3 is 2.72 bits per heavy atom. The highest BCUT2D eigenvalue weighted by Gasteiger charge is 2.38. The Morgan fingerprint density at radius 1 is 1.33 bits per heavy atom. The van der Waals surface area contributed by atoms with Crippen LogP contribution in [-0.2, 0) is 0 Å². The minimum absolute atomic E-state index is 0.0333. The van der Waals surface area contributed by atoms with Crippen LogP contribution in [0.25, 0.3) is 0 Å². The highest BCUT2D eigenvalue weighted by molar-refractivity contribution is 5.92. The Labute approximate surface area is 106 Å². The Bertz CT molecular complexity index is 452. The third-order valence-electron chi connectivity index (χ3n) is 4.02. The van der Waals surface area contributed by atoms with Crippen LogP contribution >= 0.6 is 0 Å². The number of hydrogen-bond acceptors (Lipinski definition) is 5. The van der Waals surface area contributed by atoms with Gasteiger partial charge in [-0.25, -0.2) is 10.8 Å². The number of nitrogen functional groups attached to an aromatic ring is 1. The van der Waals surface area contributed by atoms with Gasteiger partial charge in [0.05, 0.1) is 12.4 Å². The zero-order valence-electron chi connectivity index (χ0n) is 10.2. The van der Waals surface area contributed by atoms with Crippen molar-refractivity contribution in [2.75, 3.05) is 18.5 Å². The molecule has 0 aromatic carbocycles. The van der Waals surface area contributed by atoms with Crippen molar-refractivity contribution < 1.29 is 4.79 Å². The summed E-state index contributed by atoms with van der Waals surface area (Å²) in [6, 6.07) is 0. The molecular weight excluding hydrogens is 230 g/mol. The fourth-order valence-electron chi connectivity index (χ4n) is 3.10. The van der Waals surface area contributed by atoms with Gasteiger partial charge in [-0.2, -0.15) is 0 Å². The predicted molar refractivity (Wildman–Crippen MR) is 66.6 cm³/mol. The summed E-state index contributed by atoms with van der Waals surface area (Å²) in [4.78, 5) is 22.3. The maximum absolute atomic E-state index is 12.3. The van der Waals surface area contributed by atoms with Crippen molar-refractivity contribution in [1.29, 1.82) is 0 Å². The highest BCUT2D eigenvalue weighted by Crippen LogP contribution is 2.37. The van der Waals surface area contributed by atoms with Gasteiger partial charge in [-0.15, -0.1) is 0 Å². The third-order valence-corrected chi connectivity index (χ3v) is 4.02. The van der Waals surface area contributed by atoms with E-state index in [-0.39, 0.29) is 5.91 Å². The number of hydrazine groups is 1. The first-order valence-electron chi connectivity index (χ1n) is 6.36. The lowest BCUT2D eigenvalue weighted by atomic mass is 10.0. The third kappa shape index (κ3) is 1.92. The molecule has 3 rings (SSSR count). The molecular formula is C12H17N5O. The lowest BCUT2D eigenvalue weighted by Gasteiger charge is -2.16. The number of amides is 1. The molecule has 0 radical (unpaired) electrons. The summed E-state index contributed by atoms with van der Waals surface area (Å²) in [5.41, 5.74) is 2.77. The van der Waals surface area contributed by atoms with E-state index in [2.05, 4.69) is 15.4 Å². The van der Waals surface area contributed by atoms with Gasteiger partial charge < -0.3 is 10.3 Å². The number of likely N-dealkylation sites (tertiary alicyclic amines) is 1. The SMILES string of the molecule is NNc1cncc(C(=O)N2CC3CCCC3C2)n1. The number of anilines is 1. The largest absolute Gasteiger partial charge is 0.337 e. The molecule has 1 saturated heterocycles. The smallest absolute Gasteiger partial charge is 0.274 e. The Morgan fingerprint density at radius 2 is 2.06 bits per heavy atom. The minimum Gasteiger partial charge on any atom is -0.337 e. The number of aromatic nitrogens is 2. The van der Waals surface area contributed by atoms with E-state index in [0.717, 1.165) is 13.1 Å². The van der Waals surface area contributed by atoms with E-state index in [1.807, 2.05) is 4.90 Å². The van der Waals surface area contributed by atoms with E-state index in [1.54, 1.807) is 0 Å². The second-order valence-electron chi connectivity index (χ2n) is 5.10. The van der Waals surface area contributed by atoms with Crippen molar-refractivity contribution in [3.05, 3.63) is 18.1 Å². The molecule has 1 saturated carbocycles. The van der Waals surface area contributed by atoms with Crippen LogP contribution in [0.2, 0.25) is 0 Å². The van der Waals surface area contributed by atoms with Gasteiger partial charge in [-0.05, 0) is 24.7 Å². The molecule has 0 spiro atoms. The molecule has 2 heterocycles. The van der Waals surface area contributed by atoms with Gasteiger partial charge >= 0.3 is 0 Å². The summed E-state index contributed by atoms with van der Waals surface area (Å²) in [7, 11) is 0. The molecule has 1 aromatic rings. The quantitative estimate of drug-likeness (QED) is 0.591. The molecule has 18 heavy (non-hydrogen) atoms. The van der Waals surface area contributed by atoms with Crippen molar-refractivity contribution in [3.8, 4) is 0 Å². The molecule has 1 aliphatic carbocycles. The molecule has 2 atom stereocenters. The fraction of sp³-hybridized carbons (Fsp3) is 0.583. The van der Waals surface area contributed by atoms with E-state index in [9.17, 15) is 4.79 Å². The minimum atomic E-state index is -0.0333. The molecule has 1 aliphatic heterocycles. The molecule has 1 amide bonds. The van der Waals surface area contributed by atoms with Gasteiger partial charge in [0.25, 0.3) is 5.91 Å². The normalized spacial score (nSPS) is 26.2. The Balaban J connectivity index is 1.74. The second-order valence-corrected chi connectivity index (χ2v) is 5.10. The van der Waals surface area contributed by atoms with Gasteiger partial charge in [0, 0.05) is 13.1 Å². The molecule has 96 valence electrons. The van der Waals surface area contributed by atoms with E-state index < -0.39 is 0 Å². The molecule has 0 bridgehead atoms. The van der Waals surface area contributed by atoms with Crippen LogP contribution in [-0.4, -0.2) is 33.9 Å². The Kier molecular flexibility index (Phi) is 2.87. The van der Waals surface area contributed by atoms with Crippen LogP contribution in [0.15, 0.2) is 12.4 Å². The standard InChI is InChI=1S/C12H17N5O/c13-16-11-5-14-4-10(15-11)12(18)17-6-8-2-1-3-9(8)7-17/h4-5,8-9H,1-3,6-7,13H2,(H,15,16). The summed E-state index contributed by atoms with van der Waals surface area (Å²) in [5.74, 6) is 7.04. The van der Waals surface area contributed by atoms with E-state index in [0.29, 0.717) is 23.3 Å².